The Morgan fingerprint density at radius 2 is 1.86 bits per heavy atom. The lowest BCUT2D eigenvalue weighted by Crippen LogP contribution is -2.19. The molecule has 1 aliphatic rings. The Hall–Kier alpha value is -2.17. The van der Waals surface area contributed by atoms with Gasteiger partial charge < -0.3 is 4.74 Å². The van der Waals surface area contributed by atoms with Crippen LogP contribution in [0.5, 0.6) is 0 Å². The van der Waals surface area contributed by atoms with E-state index in [2.05, 4.69) is 22.2 Å². The Morgan fingerprint density at radius 1 is 1.09 bits per heavy atom. The van der Waals surface area contributed by atoms with Gasteiger partial charge in [-0.3, -0.25) is 0 Å². The lowest BCUT2D eigenvalue weighted by Gasteiger charge is -2.13. The third kappa shape index (κ3) is 2.30. The van der Waals surface area contributed by atoms with Gasteiger partial charge in [0, 0.05) is 5.02 Å². The maximum Gasteiger partial charge on any atom is 0.144 e. The lowest BCUT2D eigenvalue weighted by atomic mass is 9.91. The standard InChI is InChI=1S/C17H14ClN3O/c18-15-8-6-13(7-9-15)16-17(22-16,10-21-12-19-11-20-21)14-4-2-1-3-5-14/h1-9,11-12,16H,10H2. The molecular weight excluding hydrogens is 298 g/mol. The first kappa shape index (κ1) is 13.5. The van der Waals surface area contributed by atoms with E-state index in [0.29, 0.717) is 6.54 Å². The molecule has 0 amide bonds. The number of benzene rings is 2. The number of ether oxygens (including phenoxy) is 1. The van der Waals surface area contributed by atoms with Gasteiger partial charge in [0.05, 0.1) is 6.54 Å². The van der Waals surface area contributed by atoms with Crippen molar-refractivity contribution in [3.05, 3.63) is 83.4 Å². The van der Waals surface area contributed by atoms with Crippen LogP contribution in [-0.2, 0) is 16.9 Å². The normalized spacial score (nSPS) is 23.4. The van der Waals surface area contributed by atoms with Crippen LogP contribution in [0, 0.1) is 0 Å². The van der Waals surface area contributed by atoms with E-state index in [1.54, 1.807) is 12.7 Å². The Balaban J connectivity index is 1.70. The molecule has 1 aliphatic heterocycles. The van der Waals surface area contributed by atoms with E-state index in [1.807, 2.05) is 47.1 Å². The maximum absolute atomic E-state index is 6.16. The van der Waals surface area contributed by atoms with Gasteiger partial charge in [-0.15, -0.1) is 0 Å². The molecule has 3 aromatic rings. The van der Waals surface area contributed by atoms with Gasteiger partial charge in [-0.25, -0.2) is 9.67 Å². The summed E-state index contributed by atoms with van der Waals surface area (Å²) >= 11 is 5.98. The van der Waals surface area contributed by atoms with Crippen molar-refractivity contribution in [1.82, 2.24) is 14.8 Å². The van der Waals surface area contributed by atoms with E-state index in [-0.39, 0.29) is 6.10 Å². The monoisotopic (exact) mass is 311 g/mol. The molecule has 1 saturated heterocycles. The molecule has 4 rings (SSSR count). The van der Waals surface area contributed by atoms with Crippen molar-refractivity contribution >= 4 is 11.6 Å². The summed E-state index contributed by atoms with van der Waals surface area (Å²) in [6.45, 7) is 0.629. The minimum atomic E-state index is -0.400. The van der Waals surface area contributed by atoms with Crippen LogP contribution in [0.1, 0.15) is 17.2 Å². The first-order valence-corrected chi connectivity index (χ1v) is 7.47. The van der Waals surface area contributed by atoms with Crippen molar-refractivity contribution in [2.24, 2.45) is 0 Å². The molecule has 0 bridgehead atoms. The van der Waals surface area contributed by atoms with Crippen molar-refractivity contribution in [3.8, 4) is 0 Å². The Kier molecular flexibility index (Phi) is 3.21. The highest BCUT2D eigenvalue weighted by Gasteiger charge is 2.58. The summed E-state index contributed by atoms with van der Waals surface area (Å²) in [5.41, 5.74) is 1.86. The largest absolute Gasteiger partial charge is 0.354 e. The van der Waals surface area contributed by atoms with Gasteiger partial charge >= 0.3 is 0 Å². The second kappa shape index (κ2) is 5.23. The molecule has 4 nitrogen and oxygen atoms in total. The van der Waals surface area contributed by atoms with Gasteiger partial charge in [-0.05, 0) is 23.3 Å². The third-order valence-corrected chi connectivity index (χ3v) is 4.25. The fourth-order valence-electron chi connectivity index (χ4n) is 2.86. The summed E-state index contributed by atoms with van der Waals surface area (Å²) in [6, 6.07) is 18.1. The Bertz CT molecular complexity index is 758. The molecule has 110 valence electrons. The minimum absolute atomic E-state index is 0.00336. The van der Waals surface area contributed by atoms with Crippen LogP contribution in [0.25, 0.3) is 0 Å². The summed E-state index contributed by atoms with van der Waals surface area (Å²) in [5, 5.41) is 4.94. The molecule has 2 aromatic carbocycles. The number of hydrogen-bond acceptors (Lipinski definition) is 3. The fourth-order valence-corrected chi connectivity index (χ4v) is 2.98. The average molecular weight is 312 g/mol. The SMILES string of the molecule is Clc1ccc(C2OC2(Cn2cncn2)c2ccccc2)cc1. The molecular formula is C17H14ClN3O. The molecule has 1 fully saturated rings. The molecule has 2 atom stereocenters. The summed E-state index contributed by atoms with van der Waals surface area (Å²) in [4.78, 5) is 4.02. The third-order valence-electron chi connectivity index (χ3n) is 3.99. The van der Waals surface area contributed by atoms with Gasteiger partial charge in [0.1, 0.15) is 24.4 Å². The van der Waals surface area contributed by atoms with Crippen LogP contribution in [0.15, 0.2) is 67.3 Å². The van der Waals surface area contributed by atoms with Crippen LogP contribution >= 0.6 is 11.6 Å². The highest BCUT2D eigenvalue weighted by molar-refractivity contribution is 6.30. The zero-order valence-corrected chi connectivity index (χ0v) is 12.5. The van der Waals surface area contributed by atoms with E-state index in [4.69, 9.17) is 16.3 Å². The number of aromatic nitrogens is 3. The maximum atomic E-state index is 6.16. The van der Waals surface area contributed by atoms with Gasteiger partial charge in [-0.1, -0.05) is 54.1 Å². The Labute approximate surface area is 133 Å². The van der Waals surface area contributed by atoms with Gasteiger partial charge in [0.2, 0.25) is 0 Å². The number of rotatable bonds is 4. The zero-order chi connectivity index (χ0) is 15.0. The van der Waals surface area contributed by atoms with E-state index >= 15 is 0 Å². The van der Waals surface area contributed by atoms with E-state index < -0.39 is 5.60 Å². The second-order valence-electron chi connectivity index (χ2n) is 5.40. The predicted molar refractivity (Wildman–Crippen MR) is 83.4 cm³/mol. The van der Waals surface area contributed by atoms with Crippen molar-refractivity contribution in [2.45, 2.75) is 18.2 Å². The van der Waals surface area contributed by atoms with Crippen LogP contribution in [-0.4, -0.2) is 14.8 Å². The smallest absolute Gasteiger partial charge is 0.144 e. The molecule has 2 unspecified atom stereocenters. The zero-order valence-electron chi connectivity index (χ0n) is 11.8. The van der Waals surface area contributed by atoms with Crippen LogP contribution in [0.3, 0.4) is 0 Å². The number of halogens is 1. The molecule has 0 spiro atoms. The van der Waals surface area contributed by atoms with Crippen LogP contribution < -0.4 is 0 Å². The van der Waals surface area contributed by atoms with E-state index in [9.17, 15) is 0 Å². The first-order chi connectivity index (χ1) is 10.8. The van der Waals surface area contributed by atoms with Gasteiger partial charge in [-0.2, -0.15) is 5.10 Å². The van der Waals surface area contributed by atoms with Crippen molar-refractivity contribution in [1.29, 1.82) is 0 Å². The predicted octanol–water partition coefficient (Wildman–Crippen LogP) is 3.60. The van der Waals surface area contributed by atoms with Crippen molar-refractivity contribution < 1.29 is 4.74 Å². The molecule has 0 aliphatic carbocycles. The molecule has 0 N–H and O–H groups in total. The highest BCUT2D eigenvalue weighted by atomic mass is 35.5. The Morgan fingerprint density at radius 3 is 2.55 bits per heavy atom. The quantitative estimate of drug-likeness (QED) is 0.691. The first-order valence-electron chi connectivity index (χ1n) is 7.09. The van der Waals surface area contributed by atoms with Gasteiger partial charge in [0.15, 0.2) is 0 Å². The van der Waals surface area contributed by atoms with E-state index in [0.717, 1.165) is 16.1 Å². The topological polar surface area (TPSA) is 43.2 Å². The minimum Gasteiger partial charge on any atom is -0.354 e. The second-order valence-corrected chi connectivity index (χ2v) is 5.83. The summed E-state index contributed by atoms with van der Waals surface area (Å²) in [7, 11) is 0. The van der Waals surface area contributed by atoms with Crippen LogP contribution in [0.2, 0.25) is 5.02 Å². The van der Waals surface area contributed by atoms with Crippen LogP contribution in [0.4, 0.5) is 0 Å². The number of nitrogens with zero attached hydrogens (tertiary/aromatic N) is 3. The number of epoxide rings is 1. The molecule has 5 heteroatoms. The number of hydrogen-bond donors (Lipinski definition) is 0. The molecule has 22 heavy (non-hydrogen) atoms. The summed E-state index contributed by atoms with van der Waals surface area (Å²) in [5.74, 6) is 0. The van der Waals surface area contributed by atoms with E-state index in [1.165, 1.54) is 0 Å². The average Bonchev–Trinajstić information content (AvgIpc) is 3.04. The molecule has 2 heterocycles. The summed E-state index contributed by atoms with van der Waals surface area (Å²) < 4.78 is 7.97. The molecule has 0 radical (unpaired) electrons. The summed E-state index contributed by atoms with van der Waals surface area (Å²) in [6.07, 6.45) is 3.25. The molecule has 0 saturated carbocycles. The fraction of sp³-hybridized carbons (Fsp3) is 0.176. The molecule has 1 aromatic heterocycles. The van der Waals surface area contributed by atoms with Crippen molar-refractivity contribution in [2.75, 3.05) is 0 Å². The highest BCUT2D eigenvalue weighted by Crippen LogP contribution is 2.57. The van der Waals surface area contributed by atoms with Gasteiger partial charge in [0.25, 0.3) is 0 Å². The van der Waals surface area contributed by atoms with Crippen molar-refractivity contribution in [3.63, 3.8) is 0 Å². The lowest BCUT2D eigenvalue weighted by molar-refractivity contribution is 0.262.